The molecule has 0 saturated heterocycles. The molecule has 9 heteroatoms. The van der Waals surface area contributed by atoms with E-state index in [-0.39, 0.29) is 46.3 Å². The summed E-state index contributed by atoms with van der Waals surface area (Å²) in [5, 5.41) is -0.377. The highest BCUT2D eigenvalue weighted by molar-refractivity contribution is 6.34. The van der Waals surface area contributed by atoms with Gasteiger partial charge in [-0.25, -0.2) is 13.8 Å². The maximum absolute atomic E-state index is 15.3. The van der Waals surface area contributed by atoms with Crippen LogP contribution in [-0.4, -0.2) is 24.5 Å². The molecule has 0 saturated carbocycles. The lowest BCUT2D eigenvalue weighted by atomic mass is 9.85. The second-order valence-electron chi connectivity index (χ2n) is 7.10. The number of hydrogen-bond donors (Lipinski definition) is 2. The molecule has 0 fully saturated rings. The van der Waals surface area contributed by atoms with Gasteiger partial charge < -0.3 is 20.9 Å². The zero-order chi connectivity index (χ0) is 22.3. The predicted octanol–water partition coefficient (Wildman–Crippen LogP) is 3.58. The van der Waals surface area contributed by atoms with Crippen LogP contribution < -0.4 is 20.9 Å². The van der Waals surface area contributed by atoms with Crippen molar-refractivity contribution in [3.05, 3.63) is 75.9 Å². The number of pyridine rings is 1. The van der Waals surface area contributed by atoms with E-state index in [0.717, 1.165) is 17.8 Å². The number of fused-ring (bicyclic) bond motifs is 1. The molecule has 1 aromatic heterocycles. The van der Waals surface area contributed by atoms with Gasteiger partial charge in [-0.15, -0.1) is 0 Å². The minimum Gasteiger partial charge on any atom is -0.480 e. The number of nitrogens with two attached hydrogens (primary N) is 2. The summed E-state index contributed by atoms with van der Waals surface area (Å²) in [6.45, 7) is 0.0647. The molecule has 2 aromatic carbocycles. The van der Waals surface area contributed by atoms with E-state index in [9.17, 15) is 9.18 Å². The Morgan fingerprint density at radius 1 is 1.29 bits per heavy atom. The first-order chi connectivity index (χ1) is 14.8. The van der Waals surface area contributed by atoms with Gasteiger partial charge in [0, 0.05) is 41.9 Å². The van der Waals surface area contributed by atoms with E-state index in [0.29, 0.717) is 5.56 Å². The second-order valence-corrected chi connectivity index (χ2v) is 7.48. The summed E-state index contributed by atoms with van der Waals surface area (Å²) >= 11 is 6.30. The maximum Gasteiger partial charge on any atom is 0.251 e. The SMILES string of the molecule is COc1ncc(C(N)=O)c(-c2c(Cl)c(F)cc3c2C[C@@](CN)(c2ccccc2)O3)c1F. The quantitative estimate of drug-likeness (QED) is 0.625. The molecule has 0 radical (unpaired) electrons. The predicted molar refractivity (Wildman–Crippen MR) is 111 cm³/mol. The van der Waals surface area contributed by atoms with Gasteiger partial charge in [0.15, 0.2) is 11.4 Å². The van der Waals surface area contributed by atoms with Crippen molar-refractivity contribution < 1.29 is 23.0 Å². The number of halogens is 3. The smallest absolute Gasteiger partial charge is 0.251 e. The molecule has 3 aromatic rings. The maximum atomic E-state index is 15.3. The number of nitrogens with zero attached hydrogens (tertiary/aromatic N) is 1. The van der Waals surface area contributed by atoms with E-state index >= 15 is 4.39 Å². The molecule has 1 aliphatic rings. The zero-order valence-electron chi connectivity index (χ0n) is 16.4. The number of methoxy groups -OCH3 is 1. The van der Waals surface area contributed by atoms with Crippen molar-refractivity contribution in [2.75, 3.05) is 13.7 Å². The summed E-state index contributed by atoms with van der Waals surface area (Å²) in [6, 6.07) is 10.3. The Hall–Kier alpha value is -3.23. The van der Waals surface area contributed by atoms with Gasteiger partial charge in [-0.1, -0.05) is 41.9 Å². The summed E-state index contributed by atoms with van der Waals surface area (Å²) in [6.07, 6.45) is 1.23. The lowest BCUT2D eigenvalue weighted by Gasteiger charge is -2.27. The molecule has 0 bridgehead atoms. The Kier molecular flexibility index (Phi) is 5.28. The van der Waals surface area contributed by atoms with Crippen LogP contribution in [0.2, 0.25) is 5.02 Å². The number of benzene rings is 2. The molecule has 4 rings (SSSR count). The molecule has 4 N–H and O–H groups in total. The van der Waals surface area contributed by atoms with Gasteiger partial charge in [0.1, 0.15) is 11.6 Å². The van der Waals surface area contributed by atoms with Gasteiger partial charge in [0.05, 0.1) is 17.7 Å². The van der Waals surface area contributed by atoms with E-state index in [1.165, 1.54) is 7.11 Å². The molecule has 160 valence electrons. The Labute approximate surface area is 181 Å². The van der Waals surface area contributed by atoms with Crippen molar-refractivity contribution in [3.63, 3.8) is 0 Å². The fourth-order valence-corrected chi connectivity index (χ4v) is 4.14. The minimum atomic E-state index is -1.02. The van der Waals surface area contributed by atoms with E-state index in [2.05, 4.69) is 4.98 Å². The fourth-order valence-electron chi connectivity index (χ4n) is 3.88. The number of hydrogen-bond acceptors (Lipinski definition) is 5. The van der Waals surface area contributed by atoms with Crippen LogP contribution >= 0.6 is 11.6 Å². The molecule has 31 heavy (non-hydrogen) atoms. The Morgan fingerprint density at radius 2 is 2.00 bits per heavy atom. The number of carbonyl (C=O) groups is 1. The molecule has 6 nitrogen and oxygen atoms in total. The molecular formula is C22H18ClF2N3O3. The van der Waals surface area contributed by atoms with Crippen molar-refractivity contribution in [2.24, 2.45) is 11.5 Å². The topological polar surface area (TPSA) is 100 Å². The number of ether oxygens (including phenoxy) is 2. The summed E-state index contributed by atoms with van der Waals surface area (Å²) in [5.41, 5.74) is 11.0. The number of aromatic nitrogens is 1. The highest BCUT2D eigenvalue weighted by atomic mass is 35.5. The average Bonchev–Trinajstić information content (AvgIpc) is 3.15. The zero-order valence-corrected chi connectivity index (χ0v) is 17.2. The van der Waals surface area contributed by atoms with Crippen LogP contribution in [0.3, 0.4) is 0 Å². The van der Waals surface area contributed by atoms with E-state index < -0.39 is 23.1 Å². The Morgan fingerprint density at radius 3 is 2.61 bits per heavy atom. The third kappa shape index (κ3) is 3.28. The van der Waals surface area contributed by atoms with Crippen molar-refractivity contribution in [3.8, 4) is 22.8 Å². The summed E-state index contributed by atoms with van der Waals surface area (Å²) in [7, 11) is 1.22. The van der Waals surface area contributed by atoms with Gasteiger partial charge in [-0.3, -0.25) is 4.79 Å². The second kappa shape index (κ2) is 7.79. The standard InChI is InChI=1S/C22H18ClF2N3O3/c1-30-21-19(25)17(13(9-28-21)20(27)29)16-12-8-22(10-26,11-5-3-2-4-6-11)31-15(12)7-14(24)18(16)23/h2-7,9H,8,10,26H2,1H3,(H2,27,29)/t22-/m1/s1. The largest absolute Gasteiger partial charge is 0.480 e. The van der Waals surface area contributed by atoms with Crippen LogP contribution in [0.5, 0.6) is 11.6 Å². The minimum absolute atomic E-state index is 0.0464. The van der Waals surface area contributed by atoms with E-state index in [1.54, 1.807) is 0 Å². The first kappa shape index (κ1) is 21.0. The van der Waals surface area contributed by atoms with Gasteiger partial charge in [0.25, 0.3) is 11.8 Å². The highest BCUT2D eigenvalue weighted by Crippen LogP contribution is 2.50. The van der Waals surface area contributed by atoms with Crippen molar-refractivity contribution >= 4 is 17.5 Å². The average molecular weight is 446 g/mol. The van der Waals surface area contributed by atoms with E-state index in [1.807, 2.05) is 30.3 Å². The third-order valence-corrected chi connectivity index (χ3v) is 5.75. The van der Waals surface area contributed by atoms with Crippen LogP contribution in [-0.2, 0) is 12.0 Å². The number of primary amides is 1. The normalized spacial score (nSPS) is 17.2. The van der Waals surface area contributed by atoms with E-state index in [4.69, 9.17) is 32.5 Å². The van der Waals surface area contributed by atoms with Crippen molar-refractivity contribution in [2.45, 2.75) is 12.0 Å². The monoisotopic (exact) mass is 445 g/mol. The third-order valence-electron chi connectivity index (χ3n) is 5.38. The first-order valence-electron chi connectivity index (χ1n) is 9.31. The summed E-state index contributed by atoms with van der Waals surface area (Å²) in [5.74, 6) is -3.02. The lowest BCUT2D eigenvalue weighted by Crippen LogP contribution is -2.39. The van der Waals surface area contributed by atoms with Crippen LogP contribution in [0.1, 0.15) is 21.5 Å². The van der Waals surface area contributed by atoms with Crippen LogP contribution in [0.25, 0.3) is 11.1 Å². The summed E-state index contributed by atoms with van der Waals surface area (Å²) in [4.78, 5) is 15.8. The number of rotatable bonds is 5. The number of amides is 1. The Bertz CT molecular complexity index is 1190. The first-order valence-corrected chi connectivity index (χ1v) is 9.69. The molecule has 1 amide bonds. The van der Waals surface area contributed by atoms with Gasteiger partial charge in [-0.2, -0.15) is 0 Å². The van der Waals surface area contributed by atoms with Crippen molar-refractivity contribution in [1.82, 2.24) is 4.98 Å². The summed E-state index contributed by atoms with van der Waals surface area (Å²) < 4.78 is 41.2. The van der Waals surface area contributed by atoms with Crippen LogP contribution in [0, 0.1) is 11.6 Å². The molecule has 1 aliphatic heterocycles. The van der Waals surface area contributed by atoms with Gasteiger partial charge in [0.2, 0.25) is 0 Å². The molecule has 0 spiro atoms. The van der Waals surface area contributed by atoms with Crippen LogP contribution in [0.4, 0.5) is 8.78 Å². The lowest BCUT2D eigenvalue weighted by molar-refractivity contribution is 0.0999. The molecule has 2 heterocycles. The molecular weight excluding hydrogens is 428 g/mol. The molecule has 0 aliphatic carbocycles. The van der Waals surface area contributed by atoms with Crippen LogP contribution in [0.15, 0.2) is 42.6 Å². The fraction of sp³-hybridized carbons (Fsp3) is 0.182. The highest BCUT2D eigenvalue weighted by Gasteiger charge is 2.43. The molecule has 1 atom stereocenters. The van der Waals surface area contributed by atoms with Crippen molar-refractivity contribution in [1.29, 1.82) is 0 Å². The molecule has 0 unspecified atom stereocenters. The van der Waals surface area contributed by atoms with Gasteiger partial charge >= 0.3 is 0 Å². The van der Waals surface area contributed by atoms with Gasteiger partial charge in [-0.05, 0) is 5.56 Å². The Balaban J connectivity index is 2.01. The number of carbonyl (C=O) groups excluding carboxylic acids is 1.